The quantitative estimate of drug-likeness (QED) is 0.170. The van der Waals surface area contributed by atoms with Gasteiger partial charge >= 0.3 is 5.97 Å². The van der Waals surface area contributed by atoms with E-state index >= 15 is 0 Å². The summed E-state index contributed by atoms with van der Waals surface area (Å²) in [4.78, 5) is 78.1. The fraction of sp³-hybridized carbons (Fsp3) is 0.529. The van der Waals surface area contributed by atoms with Crippen molar-refractivity contribution in [1.82, 2.24) is 40.4 Å². The molecule has 0 radical (unpaired) electrons. The van der Waals surface area contributed by atoms with E-state index < -0.39 is 47.2 Å². The number of phenolic OH excluding ortho intramolecular Hbond substituents is 1. The Bertz CT molecular complexity index is 2550. The van der Waals surface area contributed by atoms with E-state index in [4.69, 9.17) is 14.5 Å². The molecule has 2 aromatic heterocycles. The smallest absolute Gasteiger partial charge is 0.324 e. The number of esters is 1. The van der Waals surface area contributed by atoms with Gasteiger partial charge in [-0.25, -0.2) is 5.43 Å². The first kappa shape index (κ1) is 47.6. The number of amides is 4. The molecule has 6 atom stereocenters. The third kappa shape index (κ3) is 9.66. The number of hydrogen-bond acceptors (Lipinski definition) is 11. The minimum atomic E-state index is -1.16. The molecule has 4 aromatic rings. The largest absolute Gasteiger partial charge is 0.508 e. The molecule has 0 spiro atoms. The van der Waals surface area contributed by atoms with Crippen molar-refractivity contribution >= 4 is 40.5 Å². The third-order valence-electron chi connectivity index (χ3n) is 14.1. The molecule has 6 heterocycles. The van der Waals surface area contributed by atoms with Crippen LogP contribution < -0.4 is 16.1 Å². The number of aryl methyl sites for hydroxylation is 1. The number of pyridine rings is 1. The molecule has 358 valence electrons. The molecule has 4 N–H and O–H groups in total. The lowest BCUT2D eigenvalue weighted by atomic mass is 9.84. The molecule has 3 fully saturated rings. The molecular formula is C51H66N8O8. The second kappa shape index (κ2) is 19.4. The lowest BCUT2D eigenvalue weighted by molar-refractivity contribution is -0.155. The predicted molar refractivity (Wildman–Crippen MR) is 253 cm³/mol. The summed E-state index contributed by atoms with van der Waals surface area (Å²) in [6.07, 6.45) is 3.48. The monoisotopic (exact) mass is 919 g/mol. The zero-order valence-electron chi connectivity index (χ0n) is 40.1. The number of likely N-dealkylation sites (N-methyl/N-ethyl adjacent to an activating group) is 1. The Morgan fingerprint density at radius 2 is 1.88 bits per heavy atom. The number of hydrogen-bond donors (Lipinski definition) is 4. The number of hydrazine groups is 1. The van der Waals surface area contributed by atoms with Gasteiger partial charge in [-0.05, 0) is 104 Å². The SMILES string of the molecule is CCn1c(-c2cccnc2[C@H](C)OC)c2c3cc(ccc31)-c1cc(O)cc(c1)C[C@H](NC(=O)[C@H](C(C)C)N(C)C(=O)[C@H]1C[C@@H]3CNCC(=O)N3C1)C(=O)N1CCC[C@H](N1)C(=O)OCC(C)(C)C2. The fourth-order valence-corrected chi connectivity index (χ4v) is 10.7. The summed E-state index contributed by atoms with van der Waals surface area (Å²) in [5.41, 5.74) is 9.57. The molecule has 0 saturated carbocycles. The van der Waals surface area contributed by atoms with E-state index in [0.717, 1.165) is 44.5 Å². The Morgan fingerprint density at radius 3 is 2.61 bits per heavy atom. The number of ether oxygens (including phenoxy) is 2. The van der Waals surface area contributed by atoms with Gasteiger partial charge in [0.1, 0.15) is 23.9 Å². The van der Waals surface area contributed by atoms with Crippen molar-refractivity contribution in [3.05, 3.63) is 71.5 Å². The molecule has 16 heteroatoms. The molecular weight excluding hydrogens is 853 g/mol. The summed E-state index contributed by atoms with van der Waals surface area (Å²) >= 11 is 0. The standard InChI is InChI=1S/C51H66N8O8/c1-9-57-42-15-14-32-23-38(42)39(46(57)37-12-10-16-53-44(37)30(4)66-8)24-51(5,6)28-67-50(65)40-13-11-17-59(55-40)49(64)41(20-31-18-33(32)22-36(60)19-31)54-47(62)45(29(2)3)56(7)48(63)34-21-35-25-52-26-43(61)58(35)27-34/h10,12,14-16,18-19,22-23,29-30,34-35,40-41,45,52,55,60H,9,11,13,17,20-21,24-28H2,1-8H3,(H,54,62)/t30-,34-,35+,40-,41-,45-/m0/s1. The predicted octanol–water partition coefficient (Wildman–Crippen LogP) is 4.75. The van der Waals surface area contributed by atoms with E-state index in [0.29, 0.717) is 50.9 Å². The average molecular weight is 919 g/mol. The third-order valence-corrected chi connectivity index (χ3v) is 14.1. The normalized spacial score (nSPS) is 23.1. The van der Waals surface area contributed by atoms with Crippen LogP contribution in [0.5, 0.6) is 5.75 Å². The van der Waals surface area contributed by atoms with Gasteiger partial charge in [0.25, 0.3) is 5.91 Å². The highest BCUT2D eigenvalue weighted by molar-refractivity contribution is 5.96. The number of phenols is 1. The number of fused-ring (bicyclic) bond motifs is 7. The summed E-state index contributed by atoms with van der Waals surface area (Å²) in [5, 5.41) is 19.9. The van der Waals surface area contributed by atoms with E-state index in [9.17, 15) is 29.1 Å². The second-order valence-electron chi connectivity index (χ2n) is 19.9. The van der Waals surface area contributed by atoms with Gasteiger partial charge in [0, 0.05) is 80.9 Å². The van der Waals surface area contributed by atoms with Crippen LogP contribution in [0, 0.1) is 17.3 Å². The minimum absolute atomic E-state index is 0.00433. The number of nitrogens with zero attached hydrogens (tertiary/aromatic N) is 5. The summed E-state index contributed by atoms with van der Waals surface area (Å²) < 4.78 is 14.2. The van der Waals surface area contributed by atoms with Gasteiger partial charge in [-0.3, -0.25) is 34.0 Å². The molecule has 6 bridgehead atoms. The van der Waals surface area contributed by atoms with Crippen LogP contribution in [0.4, 0.5) is 0 Å². The molecule has 4 aliphatic rings. The minimum Gasteiger partial charge on any atom is -0.508 e. The van der Waals surface area contributed by atoms with Crippen molar-refractivity contribution in [1.29, 1.82) is 0 Å². The van der Waals surface area contributed by atoms with Gasteiger partial charge in [-0.15, -0.1) is 0 Å². The number of piperazine rings is 1. The first-order valence-corrected chi connectivity index (χ1v) is 23.8. The molecule has 8 rings (SSSR count). The lowest BCUT2D eigenvalue weighted by Crippen LogP contribution is -2.62. The van der Waals surface area contributed by atoms with Crippen molar-refractivity contribution in [2.45, 2.75) is 110 Å². The topological polar surface area (TPSA) is 188 Å². The zero-order chi connectivity index (χ0) is 47.9. The molecule has 16 nitrogen and oxygen atoms in total. The lowest BCUT2D eigenvalue weighted by Gasteiger charge is -2.37. The second-order valence-corrected chi connectivity index (χ2v) is 19.9. The molecule has 3 saturated heterocycles. The maximum atomic E-state index is 14.8. The Morgan fingerprint density at radius 1 is 1.09 bits per heavy atom. The molecule has 0 unspecified atom stereocenters. The van der Waals surface area contributed by atoms with Gasteiger partial charge in [-0.2, -0.15) is 0 Å². The van der Waals surface area contributed by atoms with Crippen LogP contribution >= 0.6 is 0 Å². The van der Waals surface area contributed by atoms with Gasteiger partial charge in [0.15, 0.2) is 0 Å². The number of nitrogens with one attached hydrogen (secondary N) is 3. The van der Waals surface area contributed by atoms with Crippen LogP contribution in [-0.2, 0) is 52.8 Å². The Labute approximate surface area is 392 Å². The highest BCUT2D eigenvalue weighted by Gasteiger charge is 2.44. The van der Waals surface area contributed by atoms with E-state index in [1.807, 2.05) is 39.0 Å². The number of aromatic hydroxyl groups is 1. The van der Waals surface area contributed by atoms with Crippen molar-refractivity contribution in [2.24, 2.45) is 17.3 Å². The first-order chi connectivity index (χ1) is 32.0. The summed E-state index contributed by atoms with van der Waals surface area (Å²) in [5.74, 6) is -2.55. The number of rotatable bonds is 9. The van der Waals surface area contributed by atoms with Gasteiger partial charge in [-0.1, -0.05) is 39.8 Å². The summed E-state index contributed by atoms with van der Waals surface area (Å²) in [6.45, 7) is 14.1. The Balaban J connectivity index is 1.19. The zero-order valence-corrected chi connectivity index (χ0v) is 40.1. The van der Waals surface area contributed by atoms with E-state index in [-0.39, 0.29) is 61.7 Å². The van der Waals surface area contributed by atoms with Crippen LogP contribution in [0.25, 0.3) is 33.3 Å². The van der Waals surface area contributed by atoms with Crippen LogP contribution in [0.2, 0.25) is 0 Å². The van der Waals surface area contributed by atoms with Crippen molar-refractivity contribution in [3.63, 3.8) is 0 Å². The summed E-state index contributed by atoms with van der Waals surface area (Å²) in [7, 11) is 3.28. The number of cyclic esters (lactones) is 1. The van der Waals surface area contributed by atoms with Gasteiger partial charge < -0.3 is 39.6 Å². The number of benzene rings is 2. The molecule has 4 aliphatic heterocycles. The van der Waals surface area contributed by atoms with Crippen LogP contribution in [-0.4, -0.2) is 130 Å². The fourth-order valence-electron chi connectivity index (χ4n) is 10.7. The molecule has 4 amide bonds. The van der Waals surface area contributed by atoms with Crippen molar-refractivity contribution in [3.8, 4) is 28.1 Å². The van der Waals surface area contributed by atoms with Gasteiger partial charge in [0.05, 0.1) is 36.6 Å². The van der Waals surface area contributed by atoms with Crippen molar-refractivity contribution < 1.29 is 38.6 Å². The number of methoxy groups -OCH3 is 1. The van der Waals surface area contributed by atoms with Crippen molar-refractivity contribution in [2.75, 3.05) is 46.9 Å². The maximum absolute atomic E-state index is 14.8. The summed E-state index contributed by atoms with van der Waals surface area (Å²) in [6, 6.07) is 12.5. The number of aromatic nitrogens is 2. The van der Waals surface area contributed by atoms with Crippen LogP contribution in [0.3, 0.4) is 0 Å². The molecule has 0 aliphatic carbocycles. The first-order valence-electron chi connectivity index (χ1n) is 23.8. The highest BCUT2D eigenvalue weighted by atomic mass is 16.5. The maximum Gasteiger partial charge on any atom is 0.324 e. The highest BCUT2D eigenvalue weighted by Crippen LogP contribution is 2.42. The van der Waals surface area contributed by atoms with Crippen LogP contribution in [0.15, 0.2) is 54.7 Å². The average Bonchev–Trinajstić information content (AvgIpc) is 3.88. The molecule has 2 aromatic carbocycles. The number of carbonyl (C=O) groups excluding carboxylic acids is 5. The van der Waals surface area contributed by atoms with Gasteiger partial charge in [0.2, 0.25) is 17.7 Å². The Hall–Kier alpha value is -5.84. The Kier molecular flexibility index (Phi) is 13.8. The van der Waals surface area contributed by atoms with E-state index in [2.05, 4.69) is 59.6 Å². The van der Waals surface area contributed by atoms with E-state index in [1.165, 1.54) is 9.91 Å². The molecule has 67 heavy (non-hydrogen) atoms. The van der Waals surface area contributed by atoms with Crippen LogP contribution in [0.1, 0.15) is 83.7 Å². The number of carbonyl (C=O) groups is 5. The van der Waals surface area contributed by atoms with E-state index in [1.54, 1.807) is 37.4 Å².